The van der Waals surface area contributed by atoms with E-state index in [1.807, 2.05) is 26.8 Å². The van der Waals surface area contributed by atoms with E-state index in [1.54, 1.807) is 23.4 Å². The van der Waals surface area contributed by atoms with Crippen molar-refractivity contribution in [1.82, 2.24) is 14.9 Å². The van der Waals surface area contributed by atoms with E-state index in [-0.39, 0.29) is 6.09 Å². The number of amides is 1. The second kappa shape index (κ2) is 4.76. The lowest BCUT2D eigenvalue weighted by Crippen LogP contribution is -2.46. The molecule has 1 saturated heterocycles. The number of likely N-dealkylation sites (tertiary alicyclic amines) is 1. The van der Waals surface area contributed by atoms with Crippen LogP contribution in [0.4, 0.5) is 4.79 Å². The van der Waals surface area contributed by atoms with E-state index in [2.05, 4.69) is 9.97 Å². The van der Waals surface area contributed by atoms with Gasteiger partial charge in [-0.2, -0.15) is 0 Å². The third kappa shape index (κ3) is 3.29. The molecule has 0 radical (unpaired) electrons. The summed E-state index contributed by atoms with van der Waals surface area (Å²) in [6.45, 7) is 6.76. The fourth-order valence-corrected chi connectivity index (χ4v) is 1.56. The molecule has 5 heteroatoms. The monoisotopic (exact) mass is 247 g/mol. The Kier molecular flexibility index (Phi) is 3.32. The summed E-state index contributed by atoms with van der Waals surface area (Å²) in [5, 5.41) is 0. The highest BCUT2D eigenvalue weighted by Gasteiger charge is 2.29. The van der Waals surface area contributed by atoms with Crippen molar-refractivity contribution in [2.75, 3.05) is 13.1 Å². The maximum Gasteiger partial charge on any atom is 0.410 e. The standard InChI is InChI=1S/C13H17N3O2/c1-13(2,3)18-12(17)16-8-10(9-16)7-11-14-5-4-6-15-11/h4-7H,8-9H2,1-3H3. The van der Waals surface area contributed by atoms with Gasteiger partial charge in [0.15, 0.2) is 5.82 Å². The lowest BCUT2D eigenvalue weighted by atomic mass is 10.1. The van der Waals surface area contributed by atoms with Crippen LogP contribution in [0, 0.1) is 0 Å². The molecule has 0 aromatic carbocycles. The molecule has 1 fully saturated rings. The molecule has 1 aliphatic heterocycles. The molecule has 1 aromatic rings. The van der Waals surface area contributed by atoms with Crippen LogP contribution in [0.1, 0.15) is 26.6 Å². The highest BCUT2D eigenvalue weighted by molar-refractivity contribution is 5.72. The zero-order chi connectivity index (χ0) is 13.2. The Labute approximate surface area is 106 Å². The number of carbonyl (C=O) groups excluding carboxylic acids is 1. The minimum Gasteiger partial charge on any atom is -0.444 e. The molecule has 2 heterocycles. The van der Waals surface area contributed by atoms with E-state index < -0.39 is 5.60 Å². The van der Waals surface area contributed by atoms with E-state index in [0.29, 0.717) is 18.9 Å². The van der Waals surface area contributed by atoms with Gasteiger partial charge in [-0.15, -0.1) is 0 Å². The van der Waals surface area contributed by atoms with Crippen LogP contribution in [0.15, 0.2) is 24.0 Å². The molecular weight excluding hydrogens is 230 g/mol. The number of carbonyl (C=O) groups is 1. The lowest BCUT2D eigenvalue weighted by Gasteiger charge is -2.35. The summed E-state index contributed by atoms with van der Waals surface area (Å²) in [7, 11) is 0. The molecule has 2 rings (SSSR count). The van der Waals surface area contributed by atoms with Crippen LogP contribution in [0.25, 0.3) is 6.08 Å². The van der Waals surface area contributed by atoms with Gasteiger partial charge in [-0.3, -0.25) is 0 Å². The molecule has 0 bridgehead atoms. The molecule has 96 valence electrons. The molecule has 5 nitrogen and oxygen atoms in total. The van der Waals surface area contributed by atoms with Crippen LogP contribution in [-0.4, -0.2) is 39.7 Å². The number of aromatic nitrogens is 2. The van der Waals surface area contributed by atoms with Crippen molar-refractivity contribution in [2.24, 2.45) is 0 Å². The molecule has 1 aliphatic rings. The largest absolute Gasteiger partial charge is 0.444 e. The average molecular weight is 247 g/mol. The van der Waals surface area contributed by atoms with E-state index in [1.165, 1.54) is 0 Å². The zero-order valence-electron chi connectivity index (χ0n) is 10.9. The molecule has 18 heavy (non-hydrogen) atoms. The first-order chi connectivity index (χ1) is 8.44. The summed E-state index contributed by atoms with van der Waals surface area (Å²) in [4.78, 5) is 21.6. The summed E-state index contributed by atoms with van der Waals surface area (Å²) in [5.41, 5.74) is 0.686. The van der Waals surface area contributed by atoms with Crippen molar-refractivity contribution in [3.05, 3.63) is 29.9 Å². The average Bonchev–Trinajstić information content (AvgIpc) is 2.21. The number of nitrogens with zero attached hydrogens (tertiary/aromatic N) is 3. The van der Waals surface area contributed by atoms with E-state index in [0.717, 1.165) is 5.57 Å². The summed E-state index contributed by atoms with van der Waals surface area (Å²) < 4.78 is 5.27. The van der Waals surface area contributed by atoms with Crippen LogP contribution >= 0.6 is 0 Å². The maximum absolute atomic E-state index is 11.7. The van der Waals surface area contributed by atoms with Gasteiger partial charge in [0.05, 0.1) is 0 Å². The van der Waals surface area contributed by atoms with Gasteiger partial charge >= 0.3 is 6.09 Å². The van der Waals surface area contributed by atoms with Gasteiger partial charge in [0.2, 0.25) is 0 Å². The van der Waals surface area contributed by atoms with E-state index in [4.69, 9.17) is 4.74 Å². The lowest BCUT2D eigenvalue weighted by molar-refractivity contribution is 0.0216. The minimum atomic E-state index is -0.445. The Morgan fingerprint density at radius 2 is 1.94 bits per heavy atom. The molecule has 0 spiro atoms. The molecule has 1 amide bonds. The van der Waals surface area contributed by atoms with Crippen molar-refractivity contribution in [3.63, 3.8) is 0 Å². The van der Waals surface area contributed by atoms with E-state index >= 15 is 0 Å². The second-order valence-corrected chi connectivity index (χ2v) is 5.25. The Morgan fingerprint density at radius 1 is 1.33 bits per heavy atom. The first-order valence-corrected chi connectivity index (χ1v) is 5.88. The topological polar surface area (TPSA) is 55.3 Å². The molecule has 1 aromatic heterocycles. The van der Waals surface area contributed by atoms with Gasteiger partial charge in [-0.05, 0) is 38.5 Å². The van der Waals surface area contributed by atoms with Crippen LogP contribution in [-0.2, 0) is 4.74 Å². The quantitative estimate of drug-likeness (QED) is 0.762. The van der Waals surface area contributed by atoms with E-state index in [9.17, 15) is 4.79 Å². The first-order valence-electron chi connectivity index (χ1n) is 5.88. The van der Waals surface area contributed by atoms with Crippen LogP contribution in [0.5, 0.6) is 0 Å². The predicted molar refractivity (Wildman–Crippen MR) is 67.8 cm³/mol. The third-order valence-corrected chi connectivity index (χ3v) is 2.36. The number of ether oxygens (including phenoxy) is 1. The highest BCUT2D eigenvalue weighted by atomic mass is 16.6. The molecule has 0 atom stereocenters. The SMILES string of the molecule is CC(C)(C)OC(=O)N1CC(=Cc2ncccn2)C1. The van der Waals surface area contributed by atoms with Crippen molar-refractivity contribution in [2.45, 2.75) is 26.4 Å². The first kappa shape index (κ1) is 12.5. The van der Waals surface area contributed by atoms with Crippen molar-refractivity contribution < 1.29 is 9.53 Å². The van der Waals surface area contributed by atoms with Gasteiger partial charge in [0.25, 0.3) is 0 Å². The van der Waals surface area contributed by atoms with Gasteiger partial charge < -0.3 is 9.64 Å². The highest BCUT2D eigenvalue weighted by Crippen LogP contribution is 2.19. The molecule has 0 N–H and O–H groups in total. The van der Waals surface area contributed by atoms with Gasteiger partial charge in [-0.25, -0.2) is 14.8 Å². The Balaban J connectivity index is 1.87. The minimum absolute atomic E-state index is 0.270. The number of rotatable bonds is 1. The summed E-state index contributed by atoms with van der Waals surface area (Å²) in [6.07, 6.45) is 5.03. The Hall–Kier alpha value is -1.91. The molecule has 0 unspecified atom stereocenters. The fourth-order valence-electron chi connectivity index (χ4n) is 1.56. The Morgan fingerprint density at radius 3 is 2.50 bits per heavy atom. The van der Waals surface area contributed by atoms with Crippen LogP contribution < -0.4 is 0 Å². The normalized spacial score (nSPS) is 15.1. The number of hydrogen-bond acceptors (Lipinski definition) is 4. The fraction of sp³-hybridized carbons (Fsp3) is 0.462. The van der Waals surface area contributed by atoms with Crippen molar-refractivity contribution >= 4 is 12.2 Å². The van der Waals surface area contributed by atoms with Crippen LogP contribution in [0.3, 0.4) is 0 Å². The van der Waals surface area contributed by atoms with Crippen LogP contribution in [0.2, 0.25) is 0 Å². The number of hydrogen-bond donors (Lipinski definition) is 0. The zero-order valence-corrected chi connectivity index (χ0v) is 10.9. The second-order valence-electron chi connectivity index (χ2n) is 5.25. The van der Waals surface area contributed by atoms with Gasteiger partial charge in [0.1, 0.15) is 5.60 Å². The van der Waals surface area contributed by atoms with Gasteiger partial charge in [-0.1, -0.05) is 0 Å². The molecule has 0 aliphatic carbocycles. The Bertz CT molecular complexity index is 455. The molecular formula is C13H17N3O2. The summed E-state index contributed by atoms with van der Waals surface area (Å²) in [6, 6.07) is 1.77. The summed E-state index contributed by atoms with van der Waals surface area (Å²) in [5.74, 6) is 0.677. The van der Waals surface area contributed by atoms with Crippen molar-refractivity contribution in [3.8, 4) is 0 Å². The third-order valence-electron chi connectivity index (χ3n) is 2.36. The van der Waals surface area contributed by atoms with Gasteiger partial charge in [0, 0.05) is 25.5 Å². The summed E-state index contributed by atoms with van der Waals surface area (Å²) >= 11 is 0. The van der Waals surface area contributed by atoms with Crippen molar-refractivity contribution in [1.29, 1.82) is 0 Å². The predicted octanol–water partition coefficient (Wildman–Crippen LogP) is 2.11. The smallest absolute Gasteiger partial charge is 0.410 e. The maximum atomic E-state index is 11.7. The molecule has 0 saturated carbocycles.